The summed E-state index contributed by atoms with van der Waals surface area (Å²) in [7, 11) is 0. The van der Waals surface area contributed by atoms with E-state index in [1.165, 1.54) is 12.8 Å². The first-order valence-corrected chi connectivity index (χ1v) is 8.30. The van der Waals surface area contributed by atoms with E-state index in [2.05, 4.69) is 26.8 Å². The monoisotopic (exact) mass is 320 g/mol. The lowest BCUT2D eigenvalue weighted by atomic mass is 10.4. The predicted molar refractivity (Wildman–Crippen MR) is 88.6 cm³/mol. The molecule has 0 unspecified atom stereocenters. The van der Waals surface area contributed by atoms with Gasteiger partial charge in [-0.25, -0.2) is 4.79 Å². The number of ether oxygens (including phenoxy) is 1. The first-order valence-electron chi connectivity index (χ1n) is 8.30. The summed E-state index contributed by atoms with van der Waals surface area (Å²) in [5.74, 6) is 0.249. The van der Waals surface area contributed by atoms with Gasteiger partial charge in [-0.15, -0.1) is 0 Å². The standard InChI is InChI=1S/C15H24N6O2/c1-2-3-10-23-14-18-12(16)11-13(19-14)21(15(22)17-11)9-8-20-6-4-5-7-20/h2-10H2,1H3,(H,17,22)(H2,16,18,19). The van der Waals surface area contributed by atoms with Crippen LogP contribution in [0.15, 0.2) is 4.79 Å². The summed E-state index contributed by atoms with van der Waals surface area (Å²) in [6, 6.07) is 0.234. The molecule has 1 fully saturated rings. The largest absolute Gasteiger partial charge is 0.463 e. The van der Waals surface area contributed by atoms with Gasteiger partial charge in [0.25, 0.3) is 0 Å². The van der Waals surface area contributed by atoms with Gasteiger partial charge in [-0.05, 0) is 32.4 Å². The van der Waals surface area contributed by atoms with E-state index < -0.39 is 0 Å². The Labute approximate surface area is 134 Å². The Morgan fingerprint density at radius 2 is 2.04 bits per heavy atom. The second-order valence-corrected chi connectivity index (χ2v) is 5.92. The van der Waals surface area contributed by atoms with Crippen molar-refractivity contribution in [3.05, 3.63) is 10.5 Å². The second-order valence-electron chi connectivity index (χ2n) is 5.92. The fraction of sp³-hybridized carbons (Fsp3) is 0.667. The number of anilines is 1. The molecular formula is C15H24N6O2. The number of likely N-dealkylation sites (tertiary alicyclic amines) is 1. The second kappa shape index (κ2) is 6.99. The van der Waals surface area contributed by atoms with Gasteiger partial charge in [0.2, 0.25) is 0 Å². The Balaban J connectivity index is 1.83. The highest BCUT2D eigenvalue weighted by molar-refractivity contribution is 5.81. The molecule has 1 saturated heterocycles. The lowest BCUT2D eigenvalue weighted by molar-refractivity contribution is 0.286. The number of aromatic nitrogens is 4. The number of hydrogen-bond acceptors (Lipinski definition) is 6. The van der Waals surface area contributed by atoms with E-state index in [1.807, 2.05) is 0 Å². The molecule has 3 rings (SSSR count). The van der Waals surface area contributed by atoms with E-state index in [9.17, 15) is 4.79 Å². The number of aromatic amines is 1. The van der Waals surface area contributed by atoms with E-state index in [0.29, 0.717) is 24.3 Å². The highest BCUT2D eigenvalue weighted by Gasteiger charge is 2.16. The van der Waals surface area contributed by atoms with Crippen LogP contribution in [0.4, 0.5) is 5.82 Å². The quantitative estimate of drug-likeness (QED) is 0.737. The predicted octanol–water partition coefficient (Wildman–Crippen LogP) is 0.976. The molecule has 0 spiro atoms. The Hall–Kier alpha value is -2.09. The lowest BCUT2D eigenvalue weighted by Gasteiger charge is -2.14. The molecule has 23 heavy (non-hydrogen) atoms. The van der Waals surface area contributed by atoms with Gasteiger partial charge >= 0.3 is 11.7 Å². The van der Waals surface area contributed by atoms with Crippen molar-refractivity contribution in [1.82, 2.24) is 24.4 Å². The van der Waals surface area contributed by atoms with Crippen LogP contribution in [0.3, 0.4) is 0 Å². The van der Waals surface area contributed by atoms with Crippen molar-refractivity contribution in [3.8, 4) is 6.01 Å². The summed E-state index contributed by atoms with van der Waals surface area (Å²) in [6.07, 6.45) is 4.42. The molecule has 0 bridgehead atoms. The number of nitrogen functional groups attached to an aromatic ring is 1. The Morgan fingerprint density at radius 3 is 2.78 bits per heavy atom. The topological polar surface area (TPSA) is 102 Å². The molecule has 0 saturated carbocycles. The molecule has 1 aliphatic rings. The van der Waals surface area contributed by atoms with E-state index in [1.54, 1.807) is 4.57 Å². The molecule has 2 aromatic rings. The van der Waals surface area contributed by atoms with Gasteiger partial charge in [-0.1, -0.05) is 13.3 Å². The highest BCUT2D eigenvalue weighted by atomic mass is 16.5. The van der Waals surface area contributed by atoms with Gasteiger partial charge in [0.05, 0.1) is 6.61 Å². The first kappa shape index (κ1) is 15.8. The summed E-state index contributed by atoms with van der Waals surface area (Å²) in [6.45, 7) is 6.25. The minimum absolute atomic E-state index is 0.203. The number of nitrogens with zero attached hydrogens (tertiary/aromatic N) is 4. The summed E-state index contributed by atoms with van der Waals surface area (Å²) in [4.78, 5) is 25.8. The van der Waals surface area contributed by atoms with Gasteiger partial charge in [0.15, 0.2) is 11.5 Å². The third-order valence-corrected chi connectivity index (χ3v) is 4.20. The van der Waals surface area contributed by atoms with Gasteiger partial charge in [0.1, 0.15) is 5.52 Å². The van der Waals surface area contributed by atoms with Crippen molar-refractivity contribution in [1.29, 1.82) is 0 Å². The number of nitrogens with one attached hydrogen (secondary N) is 1. The third kappa shape index (κ3) is 3.47. The summed E-state index contributed by atoms with van der Waals surface area (Å²) in [5, 5.41) is 0. The number of H-pyrrole nitrogens is 1. The molecule has 0 amide bonds. The Kier molecular flexibility index (Phi) is 4.80. The molecule has 1 aliphatic heterocycles. The third-order valence-electron chi connectivity index (χ3n) is 4.20. The summed E-state index contributed by atoms with van der Waals surface area (Å²) in [5.41, 5.74) is 6.74. The zero-order valence-corrected chi connectivity index (χ0v) is 13.5. The maximum absolute atomic E-state index is 12.2. The molecule has 8 heteroatoms. The van der Waals surface area contributed by atoms with Crippen LogP contribution in [-0.2, 0) is 6.54 Å². The van der Waals surface area contributed by atoms with Crippen LogP contribution < -0.4 is 16.2 Å². The Morgan fingerprint density at radius 1 is 1.26 bits per heavy atom. The van der Waals surface area contributed by atoms with Gasteiger partial charge in [-0.2, -0.15) is 9.97 Å². The zero-order valence-electron chi connectivity index (χ0n) is 13.5. The summed E-state index contributed by atoms with van der Waals surface area (Å²) >= 11 is 0. The number of hydrogen-bond donors (Lipinski definition) is 2. The number of imidazole rings is 1. The summed E-state index contributed by atoms with van der Waals surface area (Å²) < 4.78 is 7.16. The lowest BCUT2D eigenvalue weighted by Crippen LogP contribution is -2.28. The maximum Gasteiger partial charge on any atom is 0.327 e. The van der Waals surface area contributed by atoms with Crippen LogP contribution >= 0.6 is 0 Å². The molecular weight excluding hydrogens is 296 g/mol. The highest BCUT2D eigenvalue weighted by Crippen LogP contribution is 2.18. The first-order chi connectivity index (χ1) is 11.2. The Bertz CT molecular complexity index is 717. The number of unbranched alkanes of at least 4 members (excludes halogenated alkanes) is 1. The molecule has 0 aliphatic carbocycles. The number of fused-ring (bicyclic) bond motifs is 1. The van der Waals surface area contributed by atoms with Crippen molar-refractivity contribution in [2.45, 2.75) is 39.2 Å². The number of rotatable bonds is 7. The van der Waals surface area contributed by atoms with Crippen molar-refractivity contribution >= 4 is 17.0 Å². The van der Waals surface area contributed by atoms with E-state index >= 15 is 0 Å². The van der Waals surface area contributed by atoms with Crippen molar-refractivity contribution in [3.63, 3.8) is 0 Å². The normalized spacial score (nSPS) is 15.5. The SMILES string of the molecule is CCCCOc1nc(N)c2[nH]c(=O)n(CCN3CCCC3)c2n1. The zero-order chi connectivity index (χ0) is 16.2. The van der Waals surface area contributed by atoms with Gasteiger partial charge in [0, 0.05) is 13.1 Å². The van der Waals surface area contributed by atoms with Crippen LogP contribution in [-0.4, -0.2) is 50.7 Å². The molecule has 0 aromatic carbocycles. The van der Waals surface area contributed by atoms with Gasteiger partial charge in [-0.3, -0.25) is 4.57 Å². The van der Waals surface area contributed by atoms with Crippen molar-refractivity contribution in [2.24, 2.45) is 0 Å². The molecule has 8 nitrogen and oxygen atoms in total. The van der Waals surface area contributed by atoms with E-state index in [0.717, 1.165) is 32.5 Å². The fourth-order valence-corrected chi connectivity index (χ4v) is 2.86. The molecule has 0 atom stereocenters. The molecule has 0 radical (unpaired) electrons. The maximum atomic E-state index is 12.2. The van der Waals surface area contributed by atoms with Crippen molar-refractivity contribution < 1.29 is 4.74 Å². The minimum Gasteiger partial charge on any atom is -0.463 e. The number of nitrogens with two attached hydrogens (primary N) is 1. The van der Waals surface area contributed by atoms with E-state index in [4.69, 9.17) is 10.5 Å². The van der Waals surface area contributed by atoms with Crippen LogP contribution in [0.5, 0.6) is 6.01 Å². The van der Waals surface area contributed by atoms with Crippen molar-refractivity contribution in [2.75, 3.05) is 32.0 Å². The van der Waals surface area contributed by atoms with Crippen LogP contribution in [0.1, 0.15) is 32.6 Å². The molecule has 2 aromatic heterocycles. The van der Waals surface area contributed by atoms with Crippen LogP contribution in [0.25, 0.3) is 11.2 Å². The average Bonchev–Trinajstić information content (AvgIpc) is 3.14. The van der Waals surface area contributed by atoms with Crippen LogP contribution in [0.2, 0.25) is 0 Å². The smallest absolute Gasteiger partial charge is 0.327 e. The van der Waals surface area contributed by atoms with Crippen LogP contribution in [0, 0.1) is 0 Å². The molecule has 126 valence electrons. The van der Waals surface area contributed by atoms with E-state index in [-0.39, 0.29) is 17.5 Å². The molecule has 3 heterocycles. The average molecular weight is 320 g/mol. The fourth-order valence-electron chi connectivity index (χ4n) is 2.86. The molecule has 3 N–H and O–H groups in total. The minimum atomic E-state index is -0.203. The van der Waals surface area contributed by atoms with Gasteiger partial charge < -0.3 is 20.4 Å².